The van der Waals surface area contributed by atoms with Crippen LogP contribution in [-0.4, -0.2) is 11.4 Å². The molecule has 1 rings (SSSR count). The Morgan fingerprint density at radius 2 is 1.85 bits per heavy atom. The average molecular weight is 183 g/mol. The summed E-state index contributed by atoms with van der Waals surface area (Å²) in [5.74, 6) is 0.703. The Hall–Kier alpha value is -0.530. The Morgan fingerprint density at radius 3 is 2.38 bits per heavy atom. The van der Waals surface area contributed by atoms with Gasteiger partial charge in [0.05, 0.1) is 0 Å². The van der Waals surface area contributed by atoms with Gasteiger partial charge in [-0.1, -0.05) is 20.8 Å². The van der Waals surface area contributed by atoms with E-state index in [1.165, 1.54) is 0 Å². The Labute approximate surface area is 81.1 Å². The van der Waals surface area contributed by atoms with Crippen LogP contribution in [0.25, 0.3) is 0 Å². The molecule has 76 valence electrons. The number of hydrogen-bond donors (Lipinski definition) is 1. The van der Waals surface area contributed by atoms with Crippen LogP contribution in [0, 0.1) is 11.3 Å². The summed E-state index contributed by atoms with van der Waals surface area (Å²) in [7, 11) is 0. The van der Waals surface area contributed by atoms with Crippen molar-refractivity contribution in [2.45, 2.75) is 53.0 Å². The summed E-state index contributed by atoms with van der Waals surface area (Å²) in [5.41, 5.74) is 0.180. The molecule has 0 aromatic heterocycles. The second-order valence-electron chi connectivity index (χ2n) is 5.48. The Balaban J connectivity index is 2.94. The Bertz CT molecular complexity index is 218. The van der Waals surface area contributed by atoms with Crippen LogP contribution in [0.4, 0.5) is 0 Å². The number of rotatable bonds is 0. The van der Waals surface area contributed by atoms with E-state index in [0.717, 1.165) is 6.42 Å². The minimum atomic E-state index is -0.0723. The summed E-state index contributed by atoms with van der Waals surface area (Å²) in [4.78, 5) is 11.4. The lowest BCUT2D eigenvalue weighted by Crippen LogP contribution is -2.49. The van der Waals surface area contributed by atoms with Crippen LogP contribution in [-0.2, 0) is 4.79 Å². The molecule has 2 nitrogen and oxygen atoms in total. The van der Waals surface area contributed by atoms with Crippen molar-refractivity contribution in [1.82, 2.24) is 5.32 Å². The Morgan fingerprint density at radius 1 is 1.31 bits per heavy atom. The zero-order valence-corrected chi connectivity index (χ0v) is 9.40. The fraction of sp³-hybridized carbons (Fsp3) is 0.909. The molecule has 0 radical (unpaired) electrons. The van der Waals surface area contributed by atoms with Crippen LogP contribution in [0.3, 0.4) is 0 Å². The van der Waals surface area contributed by atoms with Gasteiger partial charge in [-0.05, 0) is 31.6 Å². The lowest BCUT2D eigenvalue weighted by atomic mass is 9.69. The van der Waals surface area contributed by atoms with Crippen LogP contribution in [0.1, 0.15) is 47.5 Å². The van der Waals surface area contributed by atoms with Gasteiger partial charge >= 0.3 is 0 Å². The van der Waals surface area contributed by atoms with Crippen molar-refractivity contribution >= 4 is 5.91 Å². The van der Waals surface area contributed by atoms with E-state index in [0.29, 0.717) is 12.3 Å². The highest BCUT2D eigenvalue weighted by atomic mass is 16.1. The SMILES string of the molecule is CC1C(C)(C)CCC(=O)NC1(C)C. The number of carbonyl (C=O) groups excluding carboxylic acids is 1. The first-order valence-corrected chi connectivity index (χ1v) is 5.07. The topological polar surface area (TPSA) is 29.1 Å². The van der Waals surface area contributed by atoms with Crippen molar-refractivity contribution in [2.24, 2.45) is 11.3 Å². The molecule has 1 saturated heterocycles. The van der Waals surface area contributed by atoms with Crippen molar-refractivity contribution in [1.29, 1.82) is 0 Å². The minimum absolute atomic E-state index is 0.0723. The lowest BCUT2D eigenvalue weighted by Gasteiger charge is -2.40. The van der Waals surface area contributed by atoms with Crippen LogP contribution in [0.15, 0.2) is 0 Å². The van der Waals surface area contributed by atoms with Crippen molar-refractivity contribution in [3.05, 3.63) is 0 Å². The van der Waals surface area contributed by atoms with Crippen molar-refractivity contribution in [2.75, 3.05) is 0 Å². The van der Waals surface area contributed by atoms with E-state index in [4.69, 9.17) is 0 Å². The lowest BCUT2D eigenvalue weighted by molar-refractivity contribution is -0.122. The second-order valence-corrected chi connectivity index (χ2v) is 5.48. The van der Waals surface area contributed by atoms with E-state index in [1.807, 2.05) is 0 Å². The molecule has 0 aromatic carbocycles. The maximum Gasteiger partial charge on any atom is 0.220 e. The quantitative estimate of drug-likeness (QED) is 0.613. The standard InChI is InChI=1S/C11H21NO/c1-8-10(2,3)7-6-9(13)12-11(8,4)5/h8H,6-7H2,1-5H3,(H,12,13). The van der Waals surface area contributed by atoms with Gasteiger partial charge in [-0.25, -0.2) is 0 Å². The van der Waals surface area contributed by atoms with Gasteiger partial charge in [-0.2, -0.15) is 0 Å². The van der Waals surface area contributed by atoms with E-state index in [2.05, 4.69) is 39.9 Å². The number of hydrogen-bond acceptors (Lipinski definition) is 1. The van der Waals surface area contributed by atoms with E-state index >= 15 is 0 Å². The normalized spacial score (nSPS) is 32.1. The molecule has 0 spiro atoms. The van der Waals surface area contributed by atoms with Crippen LogP contribution in [0.2, 0.25) is 0 Å². The van der Waals surface area contributed by atoms with Crippen molar-refractivity contribution in [3.8, 4) is 0 Å². The van der Waals surface area contributed by atoms with Gasteiger partial charge in [0, 0.05) is 12.0 Å². The van der Waals surface area contributed by atoms with Crippen molar-refractivity contribution in [3.63, 3.8) is 0 Å². The van der Waals surface area contributed by atoms with Crippen molar-refractivity contribution < 1.29 is 4.79 Å². The van der Waals surface area contributed by atoms with E-state index in [9.17, 15) is 4.79 Å². The molecule has 1 unspecified atom stereocenters. The monoisotopic (exact) mass is 183 g/mol. The fourth-order valence-corrected chi connectivity index (χ4v) is 2.16. The molecule has 0 aliphatic carbocycles. The first-order valence-electron chi connectivity index (χ1n) is 5.07. The molecule has 0 aromatic rings. The molecule has 1 fully saturated rings. The first-order chi connectivity index (χ1) is 5.76. The highest BCUT2D eigenvalue weighted by molar-refractivity contribution is 5.77. The smallest absolute Gasteiger partial charge is 0.220 e. The van der Waals surface area contributed by atoms with E-state index < -0.39 is 0 Å². The number of nitrogens with one attached hydrogen (secondary N) is 1. The molecule has 1 atom stereocenters. The summed E-state index contributed by atoms with van der Waals surface area (Å²) in [5, 5.41) is 3.08. The third-order valence-electron chi connectivity index (χ3n) is 3.71. The molecule has 1 amide bonds. The molecule has 2 heteroatoms. The summed E-state index contributed by atoms with van der Waals surface area (Å²) in [6, 6.07) is 0. The van der Waals surface area contributed by atoms with E-state index in [1.54, 1.807) is 0 Å². The molecule has 1 heterocycles. The molecule has 0 saturated carbocycles. The predicted molar refractivity (Wildman–Crippen MR) is 54.4 cm³/mol. The van der Waals surface area contributed by atoms with Gasteiger partial charge in [0.15, 0.2) is 0 Å². The Kier molecular flexibility index (Phi) is 2.44. The van der Waals surface area contributed by atoms with Gasteiger partial charge in [0.1, 0.15) is 0 Å². The van der Waals surface area contributed by atoms with Crippen LogP contribution >= 0.6 is 0 Å². The molecule has 1 aliphatic heterocycles. The third-order valence-corrected chi connectivity index (χ3v) is 3.71. The molecular formula is C11H21NO. The first kappa shape index (κ1) is 10.6. The molecular weight excluding hydrogens is 162 g/mol. The molecule has 1 aliphatic rings. The summed E-state index contributed by atoms with van der Waals surface area (Å²) < 4.78 is 0. The maximum atomic E-state index is 11.4. The highest BCUT2D eigenvalue weighted by Crippen LogP contribution is 2.40. The van der Waals surface area contributed by atoms with Crippen LogP contribution < -0.4 is 5.32 Å². The second kappa shape index (κ2) is 3.00. The number of amides is 1. The zero-order chi connectivity index (χ0) is 10.3. The third kappa shape index (κ3) is 2.04. The predicted octanol–water partition coefficient (Wildman–Crippen LogP) is 2.34. The fourth-order valence-electron chi connectivity index (χ4n) is 2.16. The van der Waals surface area contributed by atoms with E-state index in [-0.39, 0.29) is 16.9 Å². The van der Waals surface area contributed by atoms with Crippen LogP contribution in [0.5, 0.6) is 0 Å². The van der Waals surface area contributed by atoms with Gasteiger partial charge in [0.25, 0.3) is 0 Å². The summed E-state index contributed by atoms with van der Waals surface area (Å²) in [6.07, 6.45) is 1.66. The maximum absolute atomic E-state index is 11.4. The van der Waals surface area contributed by atoms with Gasteiger partial charge in [0.2, 0.25) is 5.91 Å². The molecule has 13 heavy (non-hydrogen) atoms. The zero-order valence-electron chi connectivity index (χ0n) is 9.40. The average Bonchev–Trinajstić information content (AvgIpc) is 2.03. The number of carbonyl (C=O) groups is 1. The molecule has 1 N–H and O–H groups in total. The summed E-state index contributed by atoms with van der Waals surface area (Å²) >= 11 is 0. The van der Waals surface area contributed by atoms with Gasteiger partial charge in [-0.15, -0.1) is 0 Å². The molecule has 0 bridgehead atoms. The highest BCUT2D eigenvalue weighted by Gasteiger charge is 2.40. The summed E-state index contributed by atoms with van der Waals surface area (Å²) in [6.45, 7) is 11.0. The van der Waals surface area contributed by atoms with Gasteiger partial charge < -0.3 is 5.32 Å². The van der Waals surface area contributed by atoms with Gasteiger partial charge in [-0.3, -0.25) is 4.79 Å². The minimum Gasteiger partial charge on any atom is -0.351 e. The largest absolute Gasteiger partial charge is 0.351 e.